The third-order valence-electron chi connectivity index (χ3n) is 3.11. The van der Waals surface area contributed by atoms with Gasteiger partial charge in [-0.25, -0.2) is 4.39 Å². The Labute approximate surface area is 110 Å². The Morgan fingerprint density at radius 2 is 2.16 bits per heavy atom. The Hall–Kier alpha value is -1.79. The number of amidine groups is 1. The van der Waals surface area contributed by atoms with Gasteiger partial charge >= 0.3 is 0 Å². The molecule has 5 nitrogen and oxygen atoms in total. The molecule has 1 heterocycles. The summed E-state index contributed by atoms with van der Waals surface area (Å²) in [6, 6.07) is 5.15. The van der Waals surface area contributed by atoms with Crippen LogP contribution >= 0.6 is 0 Å². The molecule has 1 atom stereocenters. The molecular weight excluding hydrogens is 249 g/mol. The lowest BCUT2D eigenvalue weighted by Crippen LogP contribution is -2.40. The highest BCUT2D eigenvalue weighted by molar-refractivity contribution is 6.03. The molecule has 1 aromatic rings. The van der Waals surface area contributed by atoms with Gasteiger partial charge in [0.15, 0.2) is 0 Å². The molecule has 6 heteroatoms. The molecule has 102 valence electrons. The number of piperidine rings is 1. The van der Waals surface area contributed by atoms with Crippen molar-refractivity contribution < 1.29 is 14.4 Å². The number of halogens is 1. The van der Waals surface area contributed by atoms with Crippen molar-refractivity contribution in [3.05, 3.63) is 35.6 Å². The van der Waals surface area contributed by atoms with Crippen LogP contribution in [-0.4, -0.2) is 30.0 Å². The van der Waals surface area contributed by atoms with Gasteiger partial charge in [0.25, 0.3) is 5.91 Å². The zero-order valence-corrected chi connectivity index (χ0v) is 10.4. The first-order valence-corrected chi connectivity index (χ1v) is 6.20. The third kappa shape index (κ3) is 3.59. The molecule has 2 rings (SSSR count). The molecule has 0 radical (unpaired) electrons. The Morgan fingerprint density at radius 1 is 1.42 bits per heavy atom. The molecule has 0 bridgehead atoms. The van der Waals surface area contributed by atoms with Crippen molar-refractivity contribution >= 4 is 11.7 Å². The summed E-state index contributed by atoms with van der Waals surface area (Å²) in [6.07, 6.45) is 1.83. The van der Waals surface area contributed by atoms with Crippen LogP contribution in [0.1, 0.15) is 23.2 Å². The van der Waals surface area contributed by atoms with E-state index >= 15 is 0 Å². The van der Waals surface area contributed by atoms with Gasteiger partial charge in [-0.3, -0.25) is 15.5 Å². The number of nitrogens with one attached hydrogen (secondary N) is 2. The van der Waals surface area contributed by atoms with Crippen LogP contribution in [0.15, 0.2) is 29.3 Å². The number of aliphatic imine (C=N–C) groups is 1. The maximum absolute atomic E-state index is 12.8. The molecule has 0 spiro atoms. The van der Waals surface area contributed by atoms with Gasteiger partial charge in [-0.2, -0.15) is 4.99 Å². The molecule has 1 saturated heterocycles. The number of amides is 1. The van der Waals surface area contributed by atoms with E-state index in [2.05, 4.69) is 10.3 Å². The topological polar surface area (TPSA) is 73.7 Å². The lowest BCUT2D eigenvalue weighted by atomic mass is 9.98. The predicted octanol–water partition coefficient (Wildman–Crippen LogP) is 1.34. The number of carbonyl (C=O) groups excluding carboxylic acids is 1. The standard InChI is InChI=1S/C13H16FN3O2/c14-11-5-3-9(4-6-11)13(18)16-12(17-19)10-2-1-7-15-8-10/h3-6,10,15,19H,1-2,7-8H2,(H,16,17,18). The first kappa shape index (κ1) is 13.6. The molecule has 0 aliphatic carbocycles. The van der Waals surface area contributed by atoms with Gasteiger partial charge < -0.3 is 5.32 Å². The lowest BCUT2D eigenvalue weighted by molar-refractivity contribution is 0.0998. The van der Waals surface area contributed by atoms with Crippen LogP contribution in [0.4, 0.5) is 4.39 Å². The fourth-order valence-electron chi connectivity index (χ4n) is 2.06. The Balaban J connectivity index is 2.12. The molecule has 1 aliphatic rings. The summed E-state index contributed by atoms with van der Waals surface area (Å²) in [5.41, 5.74) is 2.29. The SMILES string of the molecule is O=C(N=C(NO)C1CCCNC1)c1ccc(F)cc1. The molecule has 0 aromatic heterocycles. The maximum Gasteiger partial charge on any atom is 0.278 e. The summed E-state index contributed by atoms with van der Waals surface area (Å²) in [5.74, 6) is -0.663. The van der Waals surface area contributed by atoms with Crippen molar-refractivity contribution in [2.45, 2.75) is 12.8 Å². The van der Waals surface area contributed by atoms with Crippen LogP contribution in [0.25, 0.3) is 0 Å². The highest BCUT2D eigenvalue weighted by Crippen LogP contribution is 2.12. The van der Waals surface area contributed by atoms with Crippen molar-refractivity contribution in [3.8, 4) is 0 Å². The summed E-state index contributed by atoms with van der Waals surface area (Å²) < 4.78 is 12.8. The third-order valence-corrected chi connectivity index (χ3v) is 3.11. The monoisotopic (exact) mass is 265 g/mol. The quantitative estimate of drug-likeness (QED) is 0.428. The first-order valence-electron chi connectivity index (χ1n) is 6.20. The maximum atomic E-state index is 12.8. The van der Waals surface area contributed by atoms with E-state index in [1.807, 2.05) is 5.48 Å². The predicted molar refractivity (Wildman–Crippen MR) is 68.7 cm³/mol. The van der Waals surface area contributed by atoms with Crippen LogP contribution < -0.4 is 10.8 Å². The van der Waals surface area contributed by atoms with Crippen LogP contribution in [0, 0.1) is 11.7 Å². The molecule has 1 aliphatic heterocycles. The molecule has 1 aromatic carbocycles. The molecule has 3 N–H and O–H groups in total. The summed E-state index contributed by atoms with van der Waals surface area (Å²) in [7, 11) is 0. The highest BCUT2D eigenvalue weighted by atomic mass is 19.1. The zero-order chi connectivity index (χ0) is 13.7. The molecule has 19 heavy (non-hydrogen) atoms. The minimum absolute atomic E-state index is 0.0110. The van der Waals surface area contributed by atoms with E-state index in [1.165, 1.54) is 24.3 Å². The van der Waals surface area contributed by atoms with Crippen LogP contribution in [0.2, 0.25) is 0 Å². The summed E-state index contributed by atoms with van der Waals surface area (Å²) in [6.45, 7) is 1.60. The van der Waals surface area contributed by atoms with Gasteiger partial charge in [0.2, 0.25) is 0 Å². The second kappa shape index (κ2) is 6.40. The van der Waals surface area contributed by atoms with E-state index in [9.17, 15) is 9.18 Å². The first-order chi connectivity index (χ1) is 9.20. The number of hydroxylamine groups is 1. The van der Waals surface area contributed by atoms with E-state index < -0.39 is 11.7 Å². The molecular formula is C13H16FN3O2. The number of rotatable bonds is 2. The van der Waals surface area contributed by atoms with Crippen molar-refractivity contribution in [2.75, 3.05) is 13.1 Å². The molecule has 1 unspecified atom stereocenters. The highest BCUT2D eigenvalue weighted by Gasteiger charge is 2.20. The number of hydrogen-bond acceptors (Lipinski definition) is 3. The lowest BCUT2D eigenvalue weighted by Gasteiger charge is -2.23. The number of benzene rings is 1. The largest absolute Gasteiger partial charge is 0.316 e. The van der Waals surface area contributed by atoms with Gasteiger partial charge in [0.1, 0.15) is 11.7 Å². The zero-order valence-electron chi connectivity index (χ0n) is 10.4. The Morgan fingerprint density at radius 3 is 2.74 bits per heavy atom. The molecule has 0 saturated carbocycles. The number of hydrogen-bond donors (Lipinski definition) is 3. The second-order valence-electron chi connectivity index (χ2n) is 4.46. The van der Waals surface area contributed by atoms with E-state index in [4.69, 9.17) is 5.21 Å². The second-order valence-corrected chi connectivity index (χ2v) is 4.46. The molecule has 1 amide bonds. The smallest absolute Gasteiger partial charge is 0.278 e. The summed E-state index contributed by atoms with van der Waals surface area (Å²) in [4.78, 5) is 15.8. The van der Waals surface area contributed by atoms with Crippen LogP contribution in [-0.2, 0) is 0 Å². The van der Waals surface area contributed by atoms with Gasteiger partial charge in [-0.05, 0) is 43.7 Å². The number of nitrogens with zero attached hydrogens (tertiary/aromatic N) is 1. The fraction of sp³-hybridized carbons (Fsp3) is 0.385. The molecule has 1 fully saturated rings. The van der Waals surface area contributed by atoms with Crippen LogP contribution in [0.3, 0.4) is 0 Å². The van der Waals surface area contributed by atoms with E-state index in [1.54, 1.807) is 0 Å². The normalized spacial score (nSPS) is 20.1. The Bertz CT molecular complexity index is 467. The van der Waals surface area contributed by atoms with E-state index in [-0.39, 0.29) is 17.3 Å². The fourth-order valence-corrected chi connectivity index (χ4v) is 2.06. The van der Waals surface area contributed by atoms with Crippen molar-refractivity contribution in [3.63, 3.8) is 0 Å². The van der Waals surface area contributed by atoms with Gasteiger partial charge in [0, 0.05) is 18.0 Å². The van der Waals surface area contributed by atoms with E-state index in [0.717, 1.165) is 19.4 Å². The van der Waals surface area contributed by atoms with Crippen molar-refractivity contribution in [1.29, 1.82) is 0 Å². The average molecular weight is 265 g/mol. The van der Waals surface area contributed by atoms with E-state index in [0.29, 0.717) is 6.54 Å². The summed E-state index contributed by atoms with van der Waals surface area (Å²) >= 11 is 0. The number of carbonyl (C=O) groups is 1. The van der Waals surface area contributed by atoms with Crippen molar-refractivity contribution in [1.82, 2.24) is 10.8 Å². The average Bonchev–Trinajstić information content (AvgIpc) is 2.46. The Kier molecular flexibility index (Phi) is 4.59. The van der Waals surface area contributed by atoms with Gasteiger partial charge in [-0.1, -0.05) is 0 Å². The van der Waals surface area contributed by atoms with Crippen LogP contribution in [0.5, 0.6) is 0 Å². The van der Waals surface area contributed by atoms with Crippen molar-refractivity contribution in [2.24, 2.45) is 10.9 Å². The van der Waals surface area contributed by atoms with Gasteiger partial charge in [-0.15, -0.1) is 0 Å². The minimum atomic E-state index is -0.498. The minimum Gasteiger partial charge on any atom is -0.316 e. The summed E-state index contributed by atoms with van der Waals surface area (Å²) in [5, 5.41) is 12.3. The van der Waals surface area contributed by atoms with Gasteiger partial charge in [0.05, 0.1) is 0 Å².